The average molecular weight is 417 g/mol. The Morgan fingerprint density at radius 1 is 1.20 bits per heavy atom. The van der Waals surface area contributed by atoms with Crippen LogP contribution in [0.25, 0.3) is 0 Å². The minimum absolute atomic E-state index is 0. The van der Waals surface area contributed by atoms with Crippen LogP contribution >= 0.6 is 35.7 Å². The predicted molar refractivity (Wildman–Crippen MR) is 103 cm³/mol. The number of ether oxygens (including phenoxy) is 1. The summed E-state index contributed by atoms with van der Waals surface area (Å²) in [6.45, 7) is 12.7. The molecule has 122 valence electrons. The van der Waals surface area contributed by atoms with Gasteiger partial charge in [-0.2, -0.15) is 11.8 Å². The van der Waals surface area contributed by atoms with Crippen molar-refractivity contribution in [1.82, 2.24) is 10.6 Å². The van der Waals surface area contributed by atoms with E-state index in [1.807, 2.05) is 11.8 Å². The van der Waals surface area contributed by atoms with E-state index in [0.29, 0.717) is 0 Å². The maximum Gasteiger partial charge on any atom is 0.191 e. The van der Waals surface area contributed by atoms with E-state index < -0.39 is 0 Å². The molecule has 0 aromatic carbocycles. The van der Waals surface area contributed by atoms with Gasteiger partial charge in [-0.3, -0.25) is 4.99 Å². The summed E-state index contributed by atoms with van der Waals surface area (Å²) in [6, 6.07) is 0. The second-order valence-electron chi connectivity index (χ2n) is 5.05. The average Bonchev–Trinajstić information content (AvgIpc) is 2.40. The molecule has 0 spiro atoms. The Hall–Kier alpha value is 0.310. The zero-order valence-electron chi connectivity index (χ0n) is 13.6. The van der Waals surface area contributed by atoms with E-state index in [-0.39, 0.29) is 28.7 Å². The van der Waals surface area contributed by atoms with Crippen molar-refractivity contribution in [2.24, 2.45) is 4.99 Å². The first-order valence-electron chi connectivity index (χ1n) is 7.20. The summed E-state index contributed by atoms with van der Waals surface area (Å²) < 4.78 is 5.70. The van der Waals surface area contributed by atoms with Gasteiger partial charge in [-0.25, -0.2) is 0 Å². The molecule has 0 bridgehead atoms. The van der Waals surface area contributed by atoms with E-state index in [9.17, 15) is 0 Å². The van der Waals surface area contributed by atoms with Crippen molar-refractivity contribution in [1.29, 1.82) is 0 Å². The quantitative estimate of drug-likeness (QED) is 0.248. The Morgan fingerprint density at radius 3 is 2.45 bits per heavy atom. The molecule has 0 amide bonds. The first kappa shape index (κ1) is 22.6. The highest BCUT2D eigenvalue weighted by molar-refractivity contribution is 14.0. The number of hydrogen-bond donors (Lipinski definition) is 2. The van der Waals surface area contributed by atoms with E-state index in [1.54, 1.807) is 0 Å². The number of guanidine groups is 1. The number of unbranched alkanes of at least 4 members (excludes halogenated alkanes) is 1. The van der Waals surface area contributed by atoms with Crippen LogP contribution in [0.1, 0.15) is 40.5 Å². The van der Waals surface area contributed by atoms with Gasteiger partial charge in [-0.1, -0.05) is 13.3 Å². The zero-order chi connectivity index (χ0) is 14.6. The molecular formula is C14H32IN3OS. The number of aliphatic imine (C=N–C) groups is 1. The first-order valence-corrected chi connectivity index (χ1v) is 8.43. The van der Waals surface area contributed by atoms with E-state index in [2.05, 4.69) is 49.6 Å². The van der Waals surface area contributed by atoms with E-state index in [4.69, 9.17) is 4.74 Å². The molecule has 0 rings (SSSR count). The lowest BCUT2D eigenvalue weighted by molar-refractivity contribution is 0.136. The van der Waals surface area contributed by atoms with Crippen molar-refractivity contribution in [3.8, 4) is 0 Å². The summed E-state index contributed by atoms with van der Waals surface area (Å²) in [5, 5.41) is 6.55. The molecule has 4 nitrogen and oxygen atoms in total. The lowest BCUT2D eigenvalue weighted by atomic mass is 10.2. The smallest absolute Gasteiger partial charge is 0.191 e. The monoisotopic (exact) mass is 417 g/mol. The normalized spacial score (nSPS) is 11.9. The summed E-state index contributed by atoms with van der Waals surface area (Å²) in [7, 11) is 0. The fraction of sp³-hybridized carbons (Fsp3) is 0.929. The first-order chi connectivity index (χ1) is 9.05. The summed E-state index contributed by atoms with van der Waals surface area (Å²) in [5.41, 5.74) is 0. The molecule has 0 aliphatic rings. The molecule has 0 saturated heterocycles. The van der Waals surface area contributed by atoms with E-state index in [1.165, 1.54) is 6.42 Å². The Bertz CT molecular complexity index is 251. The van der Waals surface area contributed by atoms with Crippen molar-refractivity contribution < 1.29 is 4.74 Å². The number of nitrogens with zero attached hydrogens (tertiary/aromatic N) is 1. The number of nitrogens with one attached hydrogen (secondary N) is 2. The molecule has 20 heavy (non-hydrogen) atoms. The molecule has 2 N–H and O–H groups in total. The molecule has 0 fully saturated rings. The molecule has 0 aliphatic heterocycles. The fourth-order valence-electron chi connectivity index (χ4n) is 1.27. The lowest BCUT2D eigenvalue weighted by Crippen LogP contribution is -2.40. The number of hydrogen-bond acceptors (Lipinski definition) is 3. The van der Waals surface area contributed by atoms with Gasteiger partial charge in [0, 0.05) is 24.4 Å². The predicted octanol–water partition coefficient (Wildman–Crippen LogP) is 3.12. The maximum absolute atomic E-state index is 5.52. The number of thioether (sulfide) groups is 1. The van der Waals surface area contributed by atoms with Gasteiger partial charge in [-0.15, -0.1) is 24.0 Å². The van der Waals surface area contributed by atoms with Gasteiger partial charge in [0.2, 0.25) is 0 Å². The van der Waals surface area contributed by atoms with Crippen molar-refractivity contribution in [2.75, 3.05) is 39.1 Å². The Balaban J connectivity index is 0. The molecule has 0 saturated carbocycles. The van der Waals surface area contributed by atoms with Crippen LogP contribution in [0.3, 0.4) is 0 Å². The van der Waals surface area contributed by atoms with Gasteiger partial charge in [-0.05, 0) is 33.4 Å². The fourth-order valence-corrected chi connectivity index (χ4v) is 1.46. The maximum atomic E-state index is 5.52. The van der Waals surface area contributed by atoms with Crippen LogP contribution in [-0.2, 0) is 4.74 Å². The van der Waals surface area contributed by atoms with Gasteiger partial charge < -0.3 is 15.4 Å². The van der Waals surface area contributed by atoms with Gasteiger partial charge in [0.25, 0.3) is 0 Å². The zero-order valence-corrected chi connectivity index (χ0v) is 16.8. The van der Waals surface area contributed by atoms with Crippen molar-refractivity contribution in [3.05, 3.63) is 0 Å². The largest absolute Gasteiger partial charge is 0.380 e. The molecule has 0 aromatic rings. The standard InChI is InChI=1S/C14H31N3OS.HI/c1-6-8-10-18-11-9-16-13(15-7-2)17-12-14(3,4)19-5;/h6-12H2,1-5H3,(H2,15,16,17);1H. The minimum atomic E-state index is 0. The Labute approximate surface area is 146 Å². The molecule has 0 aromatic heterocycles. The second kappa shape index (κ2) is 14.3. The summed E-state index contributed by atoms with van der Waals surface area (Å²) in [4.78, 5) is 4.61. The van der Waals surface area contributed by atoms with Crippen LogP contribution in [0, 0.1) is 0 Å². The molecule has 0 atom stereocenters. The molecule has 0 radical (unpaired) electrons. The topological polar surface area (TPSA) is 45.6 Å². The Kier molecular flexibility index (Phi) is 16.1. The van der Waals surface area contributed by atoms with E-state index >= 15 is 0 Å². The number of rotatable bonds is 10. The highest BCUT2D eigenvalue weighted by Gasteiger charge is 2.15. The third-order valence-corrected chi connectivity index (χ3v) is 3.93. The van der Waals surface area contributed by atoms with Crippen LogP contribution in [0.5, 0.6) is 0 Å². The van der Waals surface area contributed by atoms with Gasteiger partial charge in [0.1, 0.15) is 0 Å². The van der Waals surface area contributed by atoms with Gasteiger partial charge >= 0.3 is 0 Å². The third-order valence-electron chi connectivity index (χ3n) is 2.70. The van der Waals surface area contributed by atoms with Gasteiger partial charge in [0.05, 0.1) is 13.2 Å². The highest BCUT2D eigenvalue weighted by Crippen LogP contribution is 2.20. The van der Waals surface area contributed by atoms with Crippen LogP contribution in [0.15, 0.2) is 4.99 Å². The third kappa shape index (κ3) is 13.3. The van der Waals surface area contributed by atoms with E-state index in [0.717, 1.165) is 45.2 Å². The van der Waals surface area contributed by atoms with Crippen molar-refractivity contribution in [2.45, 2.75) is 45.3 Å². The number of halogens is 1. The molecular weight excluding hydrogens is 385 g/mol. The minimum Gasteiger partial charge on any atom is -0.380 e. The Morgan fingerprint density at radius 2 is 1.90 bits per heavy atom. The molecule has 6 heteroatoms. The van der Waals surface area contributed by atoms with Crippen LogP contribution in [0.4, 0.5) is 0 Å². The second-order valence-corrected chi connectivity index (χ2v) is 6.57. The van der Waals surface area contributed by atoms with Crippen molar-refractivity contribution >= 4 is 41.7 Å². The van der Waals surface area contributed by atoms with Crippen LogP contribution in [-0.4, -0.2) is 49.8 Å². The lowest BCUT2D eigenvalue weighted by Gasteiger charge is -2.20. The highest BCUT2D eigenvalue weighted by atomic mass is 127. The molecule has 0 unspecified atom stereocenters. The summed E-state index contributed by atoms with van der Waals surface area (Å²) >= 11 is 1.84. The van der Waals surface area contributed by atoms with Gasteiger partial charge in [0.15, 0.2) is 5.96 Å². The molecule has 0 heterocycles. The van der Waals surface area contributed by atoms with Crippen LogP contribution < -0.4 is 10.6 Å². The summed E-state index contributed by atoms with van der Waals surface area (Å²) in [6.07, 6.45) is 4.44. The molecule has 0 aliphatic carbocycles. The summed E-state index contributed by atoms with van der Waals surface area (Å²) in [5.74, 6) is 0.878. The van der Waals surface area contributed by atoms with Crippen LogP contribution in [0.2, 0.25) is 0 Å². The van der Waals surface area contributed by atoms with Crippen molar-refractivity contribution in [3.63, 3.8) is 0 Å². The SMILES string of the molecule is CCCCOCCNC(=NCC(C)(C)SC)NCC.I.